The van der Waals surface area contributed by atoms with Crippen molar-refractivity contribution >= 4 is 29.5 Å². The molecule has 1 heterocycles. The van der Waals surface area contributed by atoms with Crippen molar-refractivity contribution in [3.8, 4) is 0 Å². The Balaban J connectivity index is 1.17. The van der Waals surface area contributed by atoms with Gasteiger partial charge >= 0.3 is 11.9 Å². The van der Waals surface area contributed by atoms with Crippen LogP contribution in [0.1, 0.15) is 106 Å². The van der Waals surface area contributed by atoms with E-state index in [1.807, 2.05) is 13.0 Å². The molecule has 14 atom stereocenters. The number of ether oxygens (including phenoxy) is 2. The molecule has 6 aliphatic rings. The Labute approximate surface area is 301 Å². The Kier molecular flexibility index (Phi) is 9.80. The van der Waals surface area contributed by atoms with Gasteiger partial charge < -0.3 is 35.2 Å². The van der Waals surface area contributed by atoms with E-state index in [0.717, 1.165) is 44.9 Å². The number of aliphatic hydroxyl groups is 3. The first-order valence-electron chi connectivity index (χ1n) is 18.8. The molecule has 0 amide bonds. The predicted octanol–water partition coefficient (Wildman–Crippen LogP) is 4.72. The van der Waals surface area contributed by atoms with Gasteiger partial charge in [-0.15, -0.1) is 11.8 Å². The number of carboxylic acid groups (broad SMARTS) is 1. The molecule has 0 spiro atoms. The maximum Gasteiger partial charge on any atom is 0.337 e. The summed E-state index contributed by atoms with van der Waals surface area (Å²) in [7, 11) is 1.18. The Hall–Kier alpha value is -1.50. The summed E-state index contributed by atoms with van der Waals surface area (Å²) >= 11 is 1.29. The van der Waals surface area contributed by atoms with Gasteiger partial charge in [-0.05, 0) is 110 Å². The van der Waals surface area contributed by atoms with Crippen LogP contribution in [0.5, 0.6) is 0 Å². The summed E-state index contributed by atoms with van der Waals surface area (Å²) in [6.07, 6.45) is 4.37. The molecule has 282 valence electrons. The highest BCUT2D eigenvalue weighted by atomic mass is 32.2. The van der Waals surface area contributed by atoms with Crippen LogP contribution >= 0.6 is 11.8 Å². The van der Waals surface area contributed by atoms with Gasteiger partial charge in [0.05, 0.1) is 12.5 Å². The van der Waals surface area contributed by atoms with Crippen LogP contribution in [-0.4, -0.2) is 93.4 Å². The molecule has 11 heteroatoms. The monoisotopic (exact) mass is 719 g/mol. The molecule has 1 aliphatic heterocycles. The maximum atomic E-state index is 14.7. The molecule has 0 aromatic carbocycles. The van der Waals surface area contributed by atoms with E-state index in [0.29, 0.717) is 31.1 Å². The van der Waals surface area contributed by atoms with Gasteiger partial charge in [0, 0.05) is 24.3 Å². The van der Waals surface area contributed by atoms with Crippen molar-refractivity contribution in [2.24, 2.45) is 50.2 Å². The number of carbonyl (C=O) groups excluding carboxylic acids is 2. The van der Waals surface area contributed by atoms with E-state index in [9.17, 15) is 34.8 Å². The Morgan fingerprint density at radius 3 is 2.28 bits per heavy atom. The molecule has 50 heavy (non-hydrogen) atoms. The van der Waals surface area contributed by atoms with Gasteiger partial charge in [-0.25, -0.2) is 4.79 Å². The first-order valence-corrected chi connectivity index (χ1v) is 19.9. The minimum atomic E-state index is -1.57. The number of fused-ring (bicyclic) bond motifs is 7. The Morgan fingerprint density at radius 1 is 0.940 bits per heavy atom. The zero-order chi connectivity index (χ0) is 36.8. The average Bonchev–Trinajstić information content (AvgIpc) is 3.04. The predicted molar refractivity (Wildman–Crippen MR) is 190 cm³/mol. The first kappa shape index (κ1) is 38.2. The van der Waals surface area contributed by atoms with Crippen LogP contribution in [0.3, 0.4) is 0 Å². The molecule has 6 rings (SSSR count). The fourth-order valence-electron chi connectivity index (χ4n) is 12.5. The van der Waals surface area contributed by atoms with Crippen LogP contribution in [0.25, 0.3) is 0 Å². The lowest BCUT2D eigenvalue weighted by atomic mass is 9.33. The van der Waals surface area contributed by atoms with Crippen LogP contribution < -0.4 is 5.32 Å². The highest BCUT2D eigenvalue weighted by molar-refractivity contribution is 7.99. The summed E-state index contributed by atoms with van der Waals surface area (Å²) in [6.45, 7) is 16.7. The Bertz CT molecular complexity index is 1420. The molecule has 5 N–H and O–H groups in total. The summed E-state index contributed by atoms with van der Waals surface area (Å²) in [5.74, 6) is -0.362. The second kappa shape index (κ2) is 12.8. The van der Waals surface area contributed by atoms with Gasteiger partial charge in [0.2, 0.25) is 0 Å². The number of aliphatic carboxylic acids is 1. The van der Waals surface area contributed by atoms with Crippen molar-refractivity contribution < 1.29 is 44.3 Å². The molecular weight excluding hydrogens is 658 g/mol. The number of carbonyl (C=O) groups is 3. The third-order valence-corrected chi connectivity index (χ3v) is 17.1. The number of thioether (sulfide) groups is 1. The molecule has 0 radical (unpaired) electrons. The van der Waals surface area contributed by atoms with E-state index < -0.39 is 47.2 Å². The summed E-state index contributed by atoms with van der Waals surface area (Å²) in [5, 5.41) is 45.0. The number of allylic oxidation sites excluding steroid dienone is 2. The molecule has 5 fully saturated rings. The molecule has 5 aliphatic carbocycles. The van der Waals surface area contributed by atoms with Crippen LogP contribution in [0.15, 0.2) is 11.6 Å². The van der Waals surface area contributed by atoms with Crippen molar-refractivity contribution in [1.82, 2.24) is 5.32 Å². The molecule has 10 nitrogen and oxygen atoms in total. The van der Waals surface area contributed by atoms with Crippen LogP contribution in [0, 0.1) is 50.2 Å². The molecule has 0 aromatic rings. The summed E-state index contributed by atoms with van der Waals surface area (Å²) < 4.78 is 10.4. The lowest BCUT2D eigenvalue weighted by Gasteiger charge is -2.70. The van der Waals surface area contributed by atoms with Crippen LogP contribution in [-0.2, 0) is 23.9 Å². The van der Waals surface area contributed by atoms with E-state index in [1.165, 1.54) is 24.4 Å². The number of rotatable bonds is 7. The van der Waals surface area contributed by atoms with E-state index in [4.69, 9.17) is 9.47 Å². The third kappa shape index (κ3) is 5.57. The fourth-order valence-corrected chi connectivity index (χ4v) is 13.5. The van der Waals surface area contributed by atoms with Crippen LogP contribution in [0.4, 0.5) is 0 Å². The lowest BCUT2D eigenvalue weighted by Crippen LogP contribution is -2.67. The number of carboxylic acids is 1. The SMILES string of the molecule is COC(=O)C1OC(SCCNC2CCC3(C)C(CCC4(C)C3C(=O)C=C3C5CC(C)(C(=O)O)CCC5(C)CCC34C)C2(C)C)C(O)C(O)C1O. The number of aliphatic hydroxyl groups excluding tert-OH is 3. The normalized spacial score (nSPS) is 49.8. The summed E-state index contributed by atoms with van der Waals surface area (Å²) in [6, 6.07) is 0.213. The van der Waals surface area contributed by atoms with Gasteiger partial charge in [0.25, 0.3) is 0 Å². The molecule has 1 saturated heterocycles. The number of methoxy groups -OCH3 is 1. The molecule has 0 aromatic heterocycles. The number of esters is 1. The van der Waals surface area contributed by atoms with Gasteiger partial charge in [-0.3, -0.25) is 9.59 Å². The largest absolute Gasteiger partial charge is 0.481 e. The van der Waals surface area contributed by atoms with E-state index >= 15 is 0 Å². The molecule has 14 unspecified atom stereocenters. The van der Waals surface area contributed by atoms with E-state index in [1.54, 1.807) is 0 Å². The highest BCUT2D eigenvalue weighted by Gasteiger charge is 2.70. The maximum absolute atomic E-state index is 14.7. The summed E-state index contributed by atoms with van der Waals surface area (Å²) in [5.41, 5.74) is -1.01. The zero-order valence-corrected chi connectivity index (χ0v) is 32.1. The number of hydrogen-bond donors (Lipinski definition) is 5. The highest BCUT2D eigenvalue weighted by Crippen LogP contribution is 2.75. The second-order valence-corrected chi connectivity index (χ2v) is 19.9. The first-order chi connectivity index (χ1) is 23.2. The number of nitrogens with one attached hydrogen (secondary N) is 1. The number of ketones is 1. The topological polar surface area (TPSA) is 163 Å². The summed E-state index contributed by atoms with van der Waals surface area (Å²) in [4.78, 5) is 39.2. The molecule has 0 bridgehead atoms. The standard InChI is InChI=1S/C39H61NO9S/c1-34(2)24-9-12-39(7)30(23(41)19-21-22-20-36(4,33(46)47)14-13-35(22,3)15-16-38(21,39)6)37(24,5)11-10-25(34)40-17-18-50-32-28(44)26(42)27(43)29(49-32)31(45)48-8/h19,22,24-30,32,40,42-44H,9-18,20H2,1-8H3,(H,46,47). The smallest absolute Gasteiger partial charge is 0.337 e. The lowest BCUT2D eigenvalue weighted by molar-refractivity contribution is -0.211. The van der Waals surface area contributed by atoms with Gasteiger partial charge in [0.1, 0.15) is 23.7 Å². The van der Waals surface area contributed by atoms with Crippen molar-refractivity contribution in [3.05, 3.63) is 11.6 Å². The third-order valence-electron chi connectivity index (χ3n) is 15.9. The van der Waals surface area contributed by atoms with Gasteiger partial charge in [-0.2, -0.15) is 0 Å². The van der Waals surface area contributed by atoms with Crippen molar-refractivity contribution in [3.63, 3.8) is 0 Å². The quantitative estimate of drug-likeness (QED) is 0.183. The second-order valence-electron chi connectivity index (χ2n) is 18.7. The van der Waals surface area contributed by atoms with Gasteiger partial charge in [0.15, 0.2) is 11.9 Å². The average molecular weight is 720 g/mol. The number of hydrogen-bond acceptors (Lipinski definition) is 10. The van der Waals surface area contributed by atoms with Crippen molar-refractivity contribution in [2.45, 2.75) is 142 Å². The zero-order valence-electron chi connectivity index (χ0n) is 31.3. The van der Waals surface area contributed by atoms with Crippen molar-refractivity contribution in [2.75, 3.05) is 19.4 Å². The Morgan fingerprint density at radius 2 is 1.62 bits per heavy atom. The van der Waals surface area contributed by atoms with Crippen molar-refractivity contribution in [1.29, 1.82) is 0 Å². The molecule has 4 saturated carbocycles. The minimum Gasteiger partial charge on any atom is -0.481 e. The fraction of sp³-hybridized carbons (Fsp3) is 0.872. The minimum absolute atomic E-state index is 0.0280. The van der Waals surface area contributed by atoms with E-state index in [2.05, 4.69) is 46.9 Å². The molecular formula is C39H61NO9S. The van der Waals surface area contributed by atoms with Crippen LogP contribution in [0.2, 0.25) is 0 Å². The van der Waals surface area contributed by atoms with Gasteiger partial charge in [-0.1, -0.05) is 47.1 Å². The van der Waals surface area contributed by atoms with E-state index in [-0.39, 0.29) is 50.7 Å².